The summed E-state index contributed by atoms with van der Waals surface area (Å²) in [5, 5.41) is 3.57. The fourth-order valence-electron chi connectivity index (χ4n) is 1.28. The molecule has 1 heterocycles. The maximum Gasteiger partial charge on any atom is 0.304 e. The Morgan fingerprint density at radius 3 is 2.44 bits per heavy atom. The van der Waals surface area contributed by atoms with Crippen LogP contribution in [0, 0.1) is 0 Å². The molecular weight excluding hydrogens is 319 g/mol. The summed E-state index contributed by atoms with van der Waals surface area (Å²) in [4.78, 5) is 0. The van der Waals surface area contributed by atoms with Gasteiger partial charge in [-0.1, -0.05) is 29.9 Å². The van der Waals surface area contributed by atoms with Crippen LogP contribution in [0.3, 0.4) is 0 Å². The first-order valence-corrected chi connectivity index (χ1v) is 10.8. The van der Waals surface area contributed by atoms with Crippen LogP contribution >= 0.6 is 29.6 Å². The number of aromatic nitrogens is 2. The average molecular weight is 333 g/mol. The lowest BCUT2D eigenvalue weighted by molar-refractivity contribution is 0.484. The molecule has 0 bridgehead atoms. The topological polar surface area (TPSA) is 78.3 Å². The van der Waals surface area contributed by atoms with Gasteiger partial charge >= 0.3 is 6.57 Å². The molecule has 1 aromatic rings. The first kappa shape index (κ1) is 15.9. The molecule has 104 valence electrons. The van der Waals surface area contributed by atoms with E-state index in [0.29, 0.717) is 6.16 Å². The van der Waals surface area contributed by atoms with Crippen molar-refractivity contribution in [3.8, 4) is 5.88 Å². The van der Waals surface area contributed by atoms with Gasteiger partial charge in [0.25, 0.3) is 5.88 Å². The highest BCUT2D eigenvalue weighted by Crippen LogP contribution is 2.58. The molecule has 0 saturated carbocycles. The molecule has 1 rings (SSSR count). The summed E-state index contributed by atoms with van der Waals surface area (Å²) < 4.78 is 41.5. The summed E-state index contributed by atoms with van der Waals surface area (Å²) in [7, 11) is -2.08. The minimum atomic E-state index is -3.52. The van der Waals surface area contributed by atoms with E-state index in [1.165, 1.54) is 7.05 Å². The van der Waals surface area contributed by atoms with Gasteiger partial charge in [0.15, 0.2) is 14.9 Å². The van der Waals surface area contributed by atoms with Crippen molar-refractivity contribution in [2.45, 2.75) is 11.9 Å². The van der Waals surface area contributed by atoms with Crippen LogP contribution in [0.5, 0.6) is 5.88 Å². The molecule has 0 saturated heterocycles. The Morgan fingerprint density at radius 1 is 1.56 bits per heavy atom. The van der Waals surface area contributed by atoms with E-state index < -0.39 is 16.4 Å². The molecule has 0 aromatic carbocycles. The van der Waals surface area contributed by atoms with Crippen molar-refractivity contribution in [2.75, 3.05) is 18.7 Å². The predicted molar refractivity (Wildman–Crippen MR) is 73.6 cm³/mol. The predicted octanol–water partition coefficient (Wildman–Crippen LogP) is 2.43. The Balaban J connectivity index is 3.27. The van der Waals surface area contributed by atoms with Gasteiger partial charge in [0.1, 0.15) is 5.02 Å². The number of sulfone groups is 1. The highest BCUT2D eigenvalue weighted by Gasteiger charge is 2.29. The van der Waals surface area contributed by atoms with Crippen molar-refractivity contribution in [1.82, 2.24) is 9.78 Å². The Labute approximate surface area is 115 Å². The fraction of sp³-hybridized carbons (Fsp3) is 0.625. The molecule has 0 aliphatic carbocycles. The Bertz CT molecular complexity index is 590. The number of hydrogen-bond donors (Lipinski definition) is 0. The van der Waals surface area contributed by atoms with Gasteiger partial charge in [0, 0.05) is 19.5 Å². The molecule has 1 aromatic heterocycles. The highest BCUT2D eigenvalue weighted by atomic mass is 35.5. The second-order valence-corrected chi connectivity index (χ2v) is 11.0. The van der Waals surface area contributed by atoms with Crippen molar-refractivity contribution in [3.05, 3.63) is 5.02 Å². The van der Waals surface area contributed by atoms with E-state index in [0.717, 1.165) is 22.3 Å². The Kier molecular flexibility index (Phi) is 4.81. The van der Waals surface area contributed by atoms with Crippen LogP contribution in [0.15, 0.2) is 5.03 Å². The third-order valence-corrected chi connectivity index (χ3v) is 8.23. The lowest BCUT2D eigenvalue weighted by Crippen LogP contribution is -2.05. The standard InChI is InChI=1S/C8H14ClN2O4PS2/c1-5-16(12,17-3)15-7-6(9)8(11(2)10-7)18(4,13)14/h5H2,1-4H3. The van der Waals surface area contributed by atoms with Crippen LogP contribution in [-0.4, -0.2) is 36.9 Å². The smallest absolute Gasteiger partial charge is 0.304 e. The third kappa shape index (κ3) is 3.23. The molecule has 0 aliphatic heterocycles. The van der Waals surface area contributed by atoms with Crippen LogP contribution in [-0.2, 0) is 21.4 Å². The van der Waals surface area contributed by atoms with Crippen molar-refractivity contribution in [3.63, 3.8) is 0 Å². The van der Waals surface area contributed by atoms with Crippen molar-refractivity contribution >= 4 is 39.4 Å². The zero-order chi connectivity index (χ0) is 14.1. The van der Waals surface area contributed by atoms with E-state index in [1.54, 1.807) is 13.2 Å². The summed E-state index contributed by atoms with van der Waals surface area (Å²) in [6, 6.07) is 0. The summed E-state index contributed by atoms with van der Waals surface area (Å²) in [6.45, 7) is -1.21. The van der Waals surface area contributed by atoms with Gasteiger partial charge in [0.2, 0.25) is 0 Å². The van der Waals surface area contributed by atoms with E-state index in [4.69, 9.17) is 16.1 Å². The molecule has 0 N–H and O–H groups in total. The largest absolute Gasteiger partial charge is 0.414 e. The SMILES string of the molecule is CCP(=O)(Oc1nn(C)c(S(C)(=O)=O)c1Cl)SC. The minimum absolute atomic E-state index is 0.112. The first-order chi connectivity index (χ1) is 8.14. The van der Waals surface area contributed by atoms with Gasteiger partial charge in [-0.3, -0.25) is 9.25 Å². The molecule has 0 fully saturated rings. The molecule has 0 spiro atoms. The van der Waals surface area contributed by atoms with Gasteiger partial charge in [-0.2, -0.15) is 0 Å². The monoisotopic (exact) mass is 332 g/mol. The van der Waals surface area contributed by atoms with Crippen LogP contribution < -0.4 is 4.52 Å². The van der Waals surface area contributed by atoms with Crippen molar-refractivity contribution in [2.24, 2.45) is 7.05 Å². The van der Waals surface area contributed by atoms with Crippen LogP contribution in [0.2, 0.25) is 5.02 Å². The second-order valence-electron chi connectivity index (χ2n) is 3.52. The molecule has 1 atom stereocenters. The van der Waals surface area contributed by atoms with E-state index in [2.05, 4.69) is 5.10 Å². The van der Waals surface area contributed by atoms with Crippen molar-refractivity contribution in [1.29, 1.82) is 0 Å². The number of rotatable bonds is 5. The molecule has 0 radical (unpaired) electrons. The van der Waals surface area contributed by atoms with E-state index >= 15 is 0 Å². The molecule has 0 amide bonds. The van der Waals surface area contributed by atoms with Gasteiger partial charge in [0.05, 0.1) is 0 Å². The number of aryl methyl sites for hydroxylation is 1. The minimum Gasteiger partial charge on any atom is -0.414 e. The van der Waals surface area contributed by atoms with Gasteiger partial charge in [-0.05, 0) is 6.26 Å². The summed E-state index contributed by atoms with van der Waals surface area (Å²) in [5.74, 6) is -0.112. The lowest BCUT2D eigenvalue weighted by atomic mass is 10.7. The summed E-state index contributed by atoms with van der Waals surface area (Å²) >= 11 is 6.99. The molecule has 1 unspecified atom stereocenters. The Morgan fingerprint density at radius 2 is 2.11 bits per heavy atom. The average Bonchev–Trinajstić information content (AvgIpc) is 2.53. The van der Waals surface area contributed by atoms with Crippen LogP contribution in [0.25, 0.3) is 0 Å². The normalized spacial score (nSPS) is 15.4. The fourth-order valence-corrected chi connectivity index (χ4v) is 4.95. The number of hydrogen-bond acceptors (Lipinski definition) is 6. The first-order valence-electron chi connectivity index (χ1n) is 4.91. The summed E-state index contributed by atoms with van der Waals surface area (Å²) in [6.07, 6.45) is 2.97. The van der Waals surface area contributed by atoms with E-state index in [1.807, 2.05) is 0 Å². The van der Waals surface area contributed by atoms with Crippen molar-refractivity contribution < 1.29 is 17.5 Å². The lowest BCUT2D eigenvalue weighted by Gasteiger charge is -2.12. The van der Waals surface area contributed by atoms with E-state index in [-0.39, 0.29) is 15.9 Å². The molecule has 0 aliphatic rings. The molecule has 18 heavy (non-hydrogen) atoms. The zero-order valence-corrected chi connectivity index (χ0v) is 13.7. The molecule has 6 nitrogen and oxygen atoms in total. The molecule has 10 heteroatoms. The maximum atomic E-state index is 12.1. The maximum absolute atomic E-state index is 12.1. The second kappa shape index (κ2) is 5.45. The van der Waals surface area contributed by atoms with Gasteiger partial charge < -0.3 is 4.52 Å². The van der Waals surface area contributed by atoms with Crippen LogP contribution in [0.1, 0.15) is 6.92 Å². The highest BCUT2D eigenvalue weighted by molar-refractivity contribution is 8.56. The third-order valence-electron chi connectivity index (χ3n) is 2.15. The quantitative estimate of drug-likeness (QED) is 0.771. The molecular formula is C8H14ClN2O4PS2. The number of nitrogens with zero attached hydrogens (tertiary/aromatic N) is 2. The van der Waals surface area contributed by atoms with Gasteiger partial charge in [-0.25, -0.2) is 8.42 Å². The van der Waals surface area contributed by atoms with Crippen LogP contribution in [0.4, 0.5) is 0 Å². The van der Waals surface area contributed by atoms with E-state index in [9.17, 15) is 13.0 Å². The zero-order valence-electron chi connectivity index (χ0n) is 10.4. The number of halogens is 1. The summed E-state index contributed by atoms with van der Waals surface area (Å²) in [5.41, 5.74) is 0. The van der Waals surface area contributed by atoms with Gasteiger partial charge in [-0.15, -0.1) is 5.10 Å². The Hall–Kier alpha value is -0.170.